The largest absolute Gasteiger partial charge is 0.497 e. The van der Waals surface area contributed by atoms with E-state index in [0.717, 1.165) is 25.4 Å². The van der Waals surface area contributed by atoms with E-state index < -0.39 is 0 Å². The zero-order valence-corrected chi connectivity index (χ0v) is 16.8. The predicted octanol–water partition coefficient (Wildman–Crippen LogP) is 3.78. The highest BCUT2D eigenvalue weighted by Gasteiger charge is 2.36. The first kappa shape index (κ1) is 17.6. The Kier molecular flexibility index (Phi) is 4.78. The number of hydrogen-bond acceptors (Lipinski definition) is 4. The summed E-state index contributed by atoms with van der Waals surface area (Å²) in [5.74, 6) is 1.43. The van der Waals surface area contributed by atoms with Gasteiger partial charge in [0.25, 0.3) is 0 Å². The fourth-order valence-corrected chi connectivity index (χ4v) is 4.95. The summed E-state index contributed by atoms with van der Waals surface area (Å²) < 4.78 is 7.73. The molecule has 4 rings (SSSR count). The average molecular weight is 370 g/mol. The SMILES string of the molecule is COc1ccc2c(c1)c([C@@H]1CN(Cc3ccsc3)C[C@H]1N(C)C)cn2C. The number of hydrogen-bond donors (Lipinski definition) is 0. The Morgan fingerprint density at radius 1 is 1.23 bits per heavy atom. The lowest BCUT2D eigenvalue weighted by Crippen LogP contribution is -2.34. The topological polar surface area (TPSA) is 20.6 Å². The number of thiophene rings is 1. The van der Waals surface area contributed by atoms with Crippen LogP contribution in [0.15, 0.2) is 41.2 Å². The first-order valence-corrected chi connectivity index (χ1v) is 10.0. The molecule has 3 aromatic rings. The second-order valence-corrected chi connectivity index (χ2v) is 8.32. The molecular weight excluding hydrogens is 342 g/mol. The third-order valence-corrected chi connectivity index (χ3v) is 6.37. The molecule has 1 aliphatic rings. The van der Waals surface area contributed by atoms with Crippen LogP contribution in [-0.2, 0) is 13.6 Å². The van der Waals surface area contributed by atoms with Crippen molar-refractivity contribution in [3.05, 3.63) is 52.3 Å². The molecule has 0 spiro atoms. The van der Waals surface area contributed by atoms with Gasteiger partial charge in [-0.05, 0) is 60.2 Å². The van der Waals surface area contributed by atoms with E-state index in [4.69, 9.17) is 4.74 Å². The minimum Gasteiger partial charge on any atom is -0.497 e. The van der Waals surface area contributed by atoms with Gasteiger partial charge in [-0.2, -0.15) is 11.3 Å². The zero-order valence-electron chi connectivity index (χ0n) is 16.0. The van der Waals surface area contributed by atoms with Crippen molar-refractivity contribution < 1.29 is 4.74 Å². The Hall–Kier alpha value is -1.82. The molecular formula is C21H27N3OS. The third-order valence-electron chi connectivity index (χ3n) is 5.64. The van der Waals surface area contributed by atoms with E-state index in [-0.39, 0.29) is 0 Å². The van der Waals surface area contributed by atoms with Crippen molar-refractivity contribution in [2.24, 2.45) is 7.05 Å². The van der Waals surface area contributed by atoms with Crippen LogP contribution in [0.5, 0.6) is 5.75 Å². The lowest BCUT2D eigenvalue weighted by molar-refractivity contribution is 0.260. The monoisotopic (exact) mass is 369 g/mol. The number of rotatable bonds is 5. The molecule has 0 bridgehead atoms. The second kappa shape index (κ2) is 7.06. The molecule has 4 nitrogen and oxygen atoms in total. The number of nitrogens with zero attached hydrogens (tertiary/aromatic N) is 3. The number of likely N-dealkylation sites (tertiary alicyclic amines) is 1. The fourth-order valence-electron chi connectivity index (χ4n) is 4.29. The molecule has 0 saturated carbocycles. The van der Waals surface area contributed by atoms with Gasteiger partial charge in [0.2, 0.25) is 0 Å². The summed E-state index contributed by atoms with van der Waals surface area (Å²) in [7, 11) is 8.29. The van der Waals surface area contributed by atoms with Gasteiger partial charge in [0.1, 0.15) is 5.75 Å². The van der Waals surface area contributed by atoms with Crippen molar-refractivity contribution in [2.45, 2.75) is 18.5 Å². The first-order chi connectivity index (χ1) is 12.6. The van der Waals surface area contributed by atoms with Crippen molar-refractivity contribution in [2.75, 3.05) is 34.3 Å². The van der Waals surface area contributed by atoms with Crippen LogP contribution in [0.2, 0.25) is 0 Å². The normalized spacial score (nSPS) is 21.1. The Morgan fingerprint density at radius 2 is 2.08 bits per heavy atom. The van der Waals surface area contributed by atoms with Gasteiger partial charge in [-0.3, -0.25) is 4.90 Å². The maximum Gasteiger partial charge on any atom is 0.119 e. The predicted molar refractivity (Wildman–Crippen MR) is 109 cm³/mol. The number of benzene rings is 1. The van der Waals surface area contributed by atoms with Crippen LogP contribution in [0.4, 0.5) is 0 Å². The summed E-state index contributed by atoms with van der Waals surface area (Å²) in [5.41, 5.74) is 4.13. The highest BCUT2D eigenvalue weighted by molar-refractivity contribution is 7.07. The highest BCUT2D eigenvalue weighted by Crippen LogP contribution is 2.37. The van der Waals surface area contributed by atoms with E-state index >= 15 is 0 Å². The van der Waals surface area contributed by atoms with Gasteiger partial charge in [0, 0.05) is 55.7 Å². The molecule has 2 atom stereocenters. The second-order valence-electron chi connectivity index (χ2n) is 7.54. The fraction of sp³-hybridized carbons (Fsp3) is 0.429. The number of ether oxygens (including phenoxy) is 1. The Morgan fingerprint density at radius 3 is 2.77 bits per heavy atom. The zero-order chi connectivity index (χ0) is 18.3. The van der Waals surface area contributed by atoms with Gasteiger partial charge in [-0.25, -0.2) is 0 Å². The quantitative estimate of drug-likeness (QED) is 0.683. The molecule has 138 valence electrons. The average Bonchev–Trinajstić information content (AvgIpc) is 3.34. The summed E-state index contributed by atoms with van der Waals surface area (Å²) >= 11 is 1.78. The number of fused-ring (bicyclic) bond motifs is 1. The molecule has 26 heavy (non-hydrogen) atoms. The summed E-state index contributed by atoms with van der Waals surface area (Å²) in [5, 5.41) is 5.76. The maximum atomic E-state index is 5.49. The van der Waals surface area contributed by atoms with Crippen molar-refractivity contribution >= 4 is 22.2 Å². The molecule has 0 unspecified atom stereocenters. The van der Waals surface area contributed by atoms with Crippen LogP contribution < -0.4 is 4.74 Å². The number of methoxy groups -OCH3 is 1. The van der Waals surface area contributed by atoms with E-state index in [1.54, 1.807) is 18.4 Å². The number of likely N-dealkylation sites (N-methyl/N-ethyl adjacent to an activating group) is 1. The molecule has 1 saturated heterocycles. The standard InChI is InChI=1S/C21H27N3OS/c1-22(2)21-13-24(10-15-7-8-26-14-15)12-19(21)18-11-23(3)20-6-5-16(25-4)9-17(18)20/h5-9,11,14,19,21H,10,12-13H2,1-4H3/t19-,21+/m0/s1. The maximum absolute atomic E-state index is 5.49. The van der Waals surface area contributed by atoms with Gasteiger partial charge in [-0.1, -0.05) is 0 Å². The van der Waals surface area contributed by atoms with Crippen LogP contribution in [0, 0.1) is 0 Å². The Balaban J connectivity index is 1.69. The molecule has 2 aromatic heterocycles. The van der Waals surface area contributed by atoms with E-state index in [1.165, 1.54) is 22.0 Å². The van der Waals surface area contributed by atoms with E-state index in [2.05, 4.69) is 70.7 Å². The first-order valence-electron chi connectivity index (χ1n) is 9.09. The Labute approximate surface area is 159 Å². The smallest absolute Gasteiger partial charge is 0.119 e. The van der Waals surface area contributed by atoms with Crippen molar-refractivity contribution in [3.63, 3.8) is 0 Å². The minimum absolute atomic E-state index is 0.499. The van der Waals surface area contributed by atoms with Crippen LogP contribution in [-0.4, -0.2) is 54.7 Å². The molecule has 1 fully saturated rings. The molecule has 5 heteroatoms. The van der Waals surface area contributed by atoms with E-state index in [9.17, 15) is 0 Å². The summed E-state index contributed by atoms with van der Waals surface area (Å²) in [6, 6.07) is 9.17. The highest BCUT2D eigenvalue weighted by atomic mass is 32.1. The van der Waals surface area contributed by atoms with Crippen LogP contribution in [0.1, 0.15) is 17.0 Å². The van der Waals surface area contributed by atoms with Gasteiger partial charge >= 0.3 is 0 Å². The van der Waals surface area contributed by atoms with Crippen LogP contribution in [0.25, 0.3) is 10.9 Å². The number of aromatic nitrogens is 1. The molecule has 0 amide bonds. The Bertz CT molecular complexity index is 884. The van der Waals surface area contributed by atoms with Gasteiger partial charge in [0.05, 0.1) is 7.11 Å². The molecule has 0 aliphatic carbocycles. The van der Waals surface area contributed by atoms with Crippen molar-refractivity contribution in [1.29, 1.82) is 0 Å². The lowest BCUT2D eigenvalue weighted by atomic mass is 9.93. The lowest BCUT2D eigenvalue weighted by Gasteiger charge is -2.25. The molecule has 3 heterocycles. The summed E-state index contributed by atoms with van der Waals surface area (Å²) in [6.07, 6.45) is 2.32. The summed E-state index contributed by atoms with van der Waals surface area (Å²) in [4.78, 5) is 4.98. The minimum atomic E-state index is 0.499. The molecule has 1 aliphatic heterocycles. The molecule has 0 N–H and O–H groups in total. The molecule has 0 radical (unpaired) electrons. The van der Waals surface area contributed by atoms with Gasteiger partial charge < -0.3 is 14.2 Å². The van der Waals surface area contributed by atoms with Crippen LogP contribution >= 0.6 is 11.3 Å². The van der Waals surface area contributed by atoms with E-state index in [1.807, 2.05) is 6.07 Å². The number of aryl methyl sites for hydroxylation is 1. The van der Waals surface area contributed by atoms with Crippen molar-refractivity contribution in [1.82, 2.24) is 14.4 Å². The third kappa shape index (κ3) is 3.15. The summed E-state index contributed by atoms with van der Waals surface area (Å²) in [6.45, 7) is 3.24. The van der Waals surface area contributed by atoms with E-state index in [0.29, 0.717) is 12.0 Å². The van der Waals surface area contributed by atoms with Gasteiger partial charge in [-0.15, -0.1) is 0 Å². The van der Waals surface area contributed by atoms with Crippen LogP contribution in [0.3, 0.4) is 0 Å². The van der Waals surface area contributed by atoms with Gasteiger partial charge in [0.15, 0.2) is 0 Å². The molecule has 1 aromatic carbocycles. The van der Waals surface area contributed by atoms with Crippen molar-refractivity contribution in [3.8, 4) is 5.75 Å².